The van der Waals surface area contributed by atoms with Crippen LogP contribution in [0.15, 0.2) is 18.2 Å². The van der Waals surface area contributed by atoms with Crippen LogP contribution in [0.1, 0.15) is 29.1 Å². The van der Waals surface area contributed by atoms with Crippen molar-refractivity contribution in [2.75, 3.05) is 26.1 Å². The van der Waals surface area contributed by atoms with Crippen molar-refractivity contribution in [1.82, 2.24) is 4.98 Å². The zero-order chi connectivity index (χ0) is 15.4. The van der Waals surface area contributed by atoms with Crippen LogP contribution in [0.3, 0.4) is 0 Å². The molecule has 1 N–H and O–H groups in total. The van der Waals surface area contributed by atoms with E-state index < -0.39 is 0 Å². The van der Waals surface area contributed by atoms with Crippen LogP contribution in [0.2, 0.25) is 0 Å². The van der Waals surface area contributed by atoms with Crippen molar-refractivity contribution in [3.63, 3.8) is 0 Å². The number of benzene rings is 1. The van der Waals surface area contributed by atoms with Crippen molar-refractivity contribution >= 4 is 28.5 Å². The maximum absolute atomic E-state index is 5.45. The molecule has 0 fully saturated rings. The summed E-state index contributed by atoms with van der Waals surface area (Å²) in [4.78, 5) is 4.72. The monoisotopic (exact) mass is 316 g/mol. The molecule has 1 aliphatic rings. The van der Waals surface area contributed by atoms with E-state index in [0.29, 0.717) is 0 Å². The van der Waals surface area contributed by atoms with Gasteiger partial charge in [-0.2, -0.15) is 0 Å². The Morgan fingerprint density at radius 2 is 2.09 bits per heavy atom. The van der Waals surface area contributed by atoms with Gasteiger partial charge in [-0.15, -0.1) is 0 Å². The molecule has 5 heteroatoms. The van der Waals surface area contributed by atoms with Gasteiger partial charge >= 0.3 is 0 Å². The molecule has 1 aromatic carbocycles. The molecule has 0 saturated heterocycles. The van der Waals surface area contributed by atoms with Crippen LogP contribution in [0.25, 0.3) is 12.2 Å². The molecule has 0 unspecified atom stereocenters. The fourth-order valence-electron chi connectivity index (χ4n) is 2.57. The van der Waals surface area contributed by atoms with Gasteiger partial charge in [-0.1, -0.05) is 23.5 Å². The summed E-state index contributed by atoms with van der Waals surface area (Å²) in [5, 5.41) is 5.70. The van der Waals surface area contributed by atoms with Gasteiger partial charge in [-0.25, -0.2) is 4.98 Å². The molecule has 1 aliphatic heterocycles. The Balaban J connectivity index is 1.85. The maximum atomic E-state index is 5.45. The molecule has 116 valence electrons. The predicted octanol–water partition coefficient (Wildman–Crippen LogP) is 4.08. The summed E-state index contributed by atoms with van der Waals surface area (Å²) in [7, 11) is 3.31. The number of rotatable bonds is 4. The number of anilines is 1. The average molecular weight is 316 g/mol. The van der Waals surface area contributed by atoms with E-state index in [0.717, 1.165) is 35.0 Å². The summed E-state index contributed by atoms with van der Waals surface area (Å²) in [5.41, 5.74) is 2.18. The molecule has 0 bridgehead atoms. The topological polar surface area (TPSA) is 43.4 Å². The van der Waals surface area contributed by atoms with Crippen LogP contribution in [-0.4, -0.2) is 25.7 Å². The van der Waals surface area contributed by atoms with Crippen LogP contribution >= 0.6 is 11.3 Å². The van der Waals surface area contributed by atoms with E-state index in [1.54, 1.807) is 25.6 Å². The number of thiazole rings is 1. The highest BCUT2D eigenvalue weighted by atomic mass is 32.1. The zero-order valence-corrected chi connectivity index (χ0v) is 13.7. The summed E-state index contributed by atoms with van der Waals surface area (Å²) in [6.07, 6.45) is 7.55. The van der Waals surface area contributed by atoms with Crippen LogP contribution < -0.4 is 14.8 Å². The molecule has 2 heterocycles. The highest BCUT2D eigenvalue weighted by Gasteiger charge is 2.12. The second-order valence-electron chi connectivity index (χ2n) is 5.13. The minimum atomic E-state index is 0.737. The highest BCUT2D eigenvalue weighted by molar-refractivity contribution is 7.16. The van der Waals surface area contributed by atoms with Crippen molar-refractivity contribution in [3.8, 4) is 11.5 Å². The molecule has 1 aromatic heterocycles. The van der Waals surface area contributed by atoms with Gasteiger partial charge in [0.25, 0.3) is 0 Å². The molecule has 0 atom stereocenters. The first-order chi connectivity index (χ1) is 10.8. The second-order valence-corrected chi connectivity index (χ2v) is 6.16. The lowest BCUT2D eigenvalue weighted by molar-refractivity contribution is 0.354. The number of hydrogen-bond acceptors (Lipinski definition) is 5. The van der Waals surface area contributed by atoms with Crippen molar-refractivity contribution in [2.45, 2.75) is 19.3 Å². The quantitative estimate of drug-likeness (QED) is 0.923. The van der Waals surface area contributed by atoms with Crippen molar-refractivity contribution in [2.24, 2.45) is 0 Å². The lowest BCUT2D eigenvalue weighted by Crippen LogP contribution is -1.96. The lowest BCUT2D eigenvalue weighted by atomic mass is 10.1. The van der Waals surface area contributed by atoms with E-state index in [9.17, 15) is 0 Å². The fraction of sp³-hybridized carbons (Fsp3) is 0.353. The summed E-state index contributed by atoms with van der Waals surface area (Å²) in [6, 6.07) is 5.86. The van der Waals surface area contributed by atoms with Gasteiger partial charge in [0, 0.05) is 12.1 Å². The van der Waals surface area contributed by atoms with E-state index in [1.165, 1.54) is 23.5 Å². The van der Waals surface area contributed by atoms with Crippen molar-refractivity contribution < 1.29 is 9.47 Å². The third-order valence-corrected chi connectivity index (χ3v) is 4.70. The minimum absolute atomic E-state index is 0.737. The Kier molecular flexibility index (Phi) is 4.63. The first-order valence-electron chi connectivity index (χ1n) is 7.44. The number of aromatic nitrogens is 1. The second kappa shape index (κ2) is 6.83. The summed E-state index contributed by atoms with van der Waals surface area (Å²) in [5.74, 6) is 1.48. The number of nitrogens with zero attached hydrogens (tertiary/aromatic N) is 1. The molecule has 0 aliphatic carbocycles. The Morgan fingerprint density at radius 3 is 2.91 bits per heavy atom. The highest BCUT2D eigenvalue weighted by Crippen LogP contribution is 2.33. The first-order valence-corrected chi connectivity index (χ1v) is 8.26. The zero-order valence-electron chi connectivity index (χ0n) is 12.9. The largest absolute Gasteiger partial charge is 0.493 e. The van der Waals surface area contributed by atoms with Gasteiger partial charge in [-0.3, -0.25) is 0 Å². The van der Waals surface area contributed by atoms with Crippen LogP contribution in [0.5, 0.6) is 11.5 Å². The molecule has 4 nitrogen and oxygen atoms in total. The van der Waals surface area contributed by atoms with Gasteiger partial charge in [0.05, 0.1) is 19.9 Å². The molecule has 0 saturated carbocycles. The minimum Gasteiger partial charge on any atom is -0.493 e. The van der Waals surface area contributed by atoms with E-state index in [1.807, 2.05) is 30.4 Å². The predicted molar refractivity (Wildman–Crippen MR) is 92.0 cm³/mol. The number of hydrogen-bond donors (Lipinski definition) is 1. The molecule has 3 rings (SSSR count). The number of para-hydroxylation sites is 1. The SMILES string of the molecule is COc1cccc(C=Cc2nc3c(s2)NCCCC3)c1OC. The Bertz CT molecular complexity index is 656. The summed E-state index contributed by atoms with van der Waals surface area (Å²) >= 11 is 1.71. The number of fused-ring (bicyclic) bond motifs is 1. The molecule has 22 heavy (non-hydrogen) atoms. The third kappa shape index (κ3) is 3.09. The van der Waals surface area contributed by atoms with Gasteiger partial charge in [0.2, 0.25) is 0 Å². The number of nitrogens with one attached hydrogen (secondary N) is 1. The first kappa shape index (κ1) is 14.9. The molecule has 0 amide bonds. The molecule has 0 spiro atoms. The Labute approximate surface area is 134 Å². The smallest absolute Gasteiger partial charge is 0.167 e. The van der Waals surface area contributed by atoms with Gasteiger partial charge < -0.3 is 14.8 Å². The lowest BCUT2D eigenvalue weighted by Gasteiger charge is -2.09. The van der Waals surface area contributed by atoms with E-state index in [4.69, 9.17) is 14.5 Å². The van der Waals surface area contributed by atoms with Crippen LogP contribution in [-0.2, 0) is 6.42 Å². The fourth-order valence-corrected chi connectivity index (χ4v) is 3.51. The van der Waals surface area contributed by atoms with Crippen LogP contribution in [0, 0.1) is 0 Å². The van der Waals surface area contributed by atoms with Gasteiger partial charge in [0.1, 0.15) is 10.0 Å². The Morgan fingerprint density at radius 1 is 1.18 bits per heavy atom. The van der Waals surface area contributed by atoms with E-state index >= 15 is 0 Å². The van der Waals surface area contributed by atoms with E-state index in [2.05, 4.69) is 5.32 Å². The van der Waals surface area contributed by atoms with E-state index in [-0.39, 0.29) is 0 Å². The number of aryl methyl sites for hydroxylation is 1. The standard InChI is InChI=1S/C17H20N2O2S/c1-20-14-8-5-6-12(16(14)21-2)9-10-15-19-13-7-3-4-11-18-17(13)22-15/h5-6,8-10,18H,3-4,7,11H2,1-2H3. The van der Waals surface area contributed by atoms with Crippen LogP contribution in [0.4, 0.5) is 5.00 Å². The molecule has 2 aromatic rings. The third-order valence-electron chi connectivity index (χ3n) is 3.68. The number of ether oxygens (including phenoxy) is 2. The van der Waals surface area contributed by atoms with Gasteiger partial charge in [0.15, 0.2) is 11.5 Å². The maximum Gasteiger partial charge on any atom is 0.167 e. The summed E-state index contributed by atoms with van der Waals surface area (Å²) in [6.45, 7) is 1.04. The molecule has 0 radical (unpaired) electrons. The molecular weight excluding hydrogens is 296 g/mol. The molecular formula is C17H20N2O2S. The number of methoxy groups -OCH3 is 2. The normalized spacial score (nSPS) is 14.3. The van der Waals surface area contributed by atoms with Gasteiger partial charge in [-0.05, 0) is 37.5 Å². The Hall–Kier alpha value is -2.01. The summed E-state index contributed by atoms with van der Waals surface area (Å²) < 4.78 is 10.8. The average Bonchev–Trinajstić information content (AvgIpc) is 2.81. The van der Waals surface area contributed by atoms with Crippen molar-refractivity contribution in [1.29, 1.82) is 0 Å². The van der Waals surface area contributed by atoms with Crippen molar-refractivity contribution in [3.05, 3.63) is 34.5 Å².